The fourth-order valence-corrected chi connectivity index (χ4v) is 1.07. The van der Waals surface area contributed by atoms with Crippen LogP contribution in [0.5, 0.6) is 0 Å². The van der Waals surface area contributed by atoms with Gasteiger partial charge in [0.05, 0.1) is 17.7 Å². The minimum absolute atomic E-state index is 0. The molecule has 1 aromatic rings. The third-order valence-corrected chi connectivity index (χ3v) is 1.92. The van der Waals surface area contributed by atoms with Gasteiger partial charge in [0.2, 0.25) is 0 Å². The van der Waals surface area contributed by atoms with E-state index >= 15 is 0 Å². The fourth-order valence-electron chi connectivity index (χ4n) is 1.07. The zero-order chi connectivity index (χ0) is 12.1. The van der Waals surface area contributed by atoms with E-state index in [1.807, 2.05) is 13.8 Å². The number of benzene rings is 1. The van der Waals surface area contributed by atoms with E-state index in [1.54, 1.807) is 0 Å². The summed E-state index contributed by atoms with van der Waals surface area (Å²) in [6.07, 6.45) is 0. The summed E-state index contributed by atoms with van der Waals surface area (Å²) in [5, 5.41) is 8.67. The fraction of sp³-hybridized carbons (Fsp3) is 0.333. The number of carbonyl (C=O) groups is 2. The van der Waals surface area contributed by atoms with Crippen molar-refractivity contribution in [1.29, 1.82) is 0 Å². The molecule has 0 aliphatic carbocycles. The quantitative estimate of drug-likeness (QED) is 0.667. The Balaban J connectivity index is -0.000000853. The third-order valence-electron chi connectivity index (χ3n) is 1.92. The zero-order valence-electron chi connectivity index (χ0n) is 12.0. The monoisotopic (exact) mass is 264 g/mol. The Hall–Kier alpha value is -0.580. The van der Waals surface area contributed by atoms with Crippen molar-refractivity contribution in [1.82, 2.24) is 0 Å². The molecule has 4 nitrogen and oxygen atoms in total. The smallest absolute Gasteiger partial charge is 1.00 e. The van der Waals surface area contributed by atoms with Crippen LogP contribution in [0.1, 0.15) is 37.4 Å². The summed E-state index contributed by atoms with van der Waals surface area (Å²) in [7, 11) is 0. The van der Waals surface area contributed by atoms with Crippen LogP contribution in [0.25, 0.3) is 0 Å². The molecule has 1 rings (SSSR count). The van der Waals surface area contributed by atoms with E-state index in [0.29, 0.717) is 12.2 Å². The van der Waals surface area contributed by atoms with E-state index in [2.05, 4.69) is 0 Å². The minimum atomic E-state index is -1.01. The van der Waals surface area contributed by atoms with Crippen molar-refractivity contribution >= 4 is 49.7 Å². The number of carboxylic acid groups (broad SMARTS) is 1. The first-order valence-corrected chi connectivity index (χ1v) is 5.01. The van der Waals surface area contributed by atoms with Crippen molar-refractivity contribution in [3.8, 4) is 0 Å². The number of hydrogen-bond acceptors (Lipinski definition) is 3. The van der Waals surface area contributed by atoms with E-state index in [1.165, 1.54) is 24.3 Å². The number of aromatic carboxylic acids is 1. The Morgan fingerprint density at radius 1 is 1.24 bits per heavy atom. The second kappa shape index (κ2) is 7.69. The van der Waals surface area contributed by atoms with Crippen LogP contribution in [-0.4, -0.2) is 61.4 Å². The number of rotatable bonds is 4. The second-order valence-electron chi connectivity index (χ2n) is 3.87. The summed E-state index contributed by atoms with van der Waals surface area (Å²) in [4.78, 5) is 22.0. The molecule has 5 heteroatoms. The molecule has 0 spiro atoms. The average molecular weight is 264 g/mol. The molecule has 0 aromatic heterocycles. The van der Waals surface area contributed by atoms with Gasteiger partial charge >= 0.3 is 49.7 Å². The summed E-state index contributed by atoms with van der Waals surface area (Å²) >= 11 is 0. The van der Waals surface area contributed by atoms with Crippen LogP contribution >= 0.6 is 0 Å². The molecule has 0 heterocycles. The maximum Gasteiger partial charge on any atom is 2.00 e. The first-order valence-electron chi connectivity index (χ1n) is 5.01. The van der Waals surface area contributed by atoms with Crippen molar-refractivity contribution < 1.29 is 22.3 Å². The van der Waals surface area contributed by atoms with Crippen LogP contribution in [0.2, 0.25) is 0 Å². The molecule has 0 aliphatic rings. The molecule has 1 aromatic carbocycles. The van der Waals surface area contributed by atoms with Gasteiger partial charge in [0.25, 0.3) is 0 Å². The van der Waals surface area contributed by atoms with Gasteiger partial charge in [-0.15, -0.1) is 0 Å². The Bertz CT molecular complexity index is 393. The van der Waals surface area contributed by atoms with Gasteiger partial charge in [-0.1, -0.05) is 13.8 Å². The topological polar surface area (TPSA) is 63.6 Å². The van der Waals surface area contributed by atoms with Crippen molar-refractivity contribution in [3.63, 3.8) is 0 Å². The number of hydrogen-bond donors (Lipinski definition) is 1. The predicted molar refractivity (Wildman–Crippen MR) is 66.5 cm³/mol. The number of esters is 1. The van der Waals surface area contributed by atoms with Crippen LogP contribution in [0, 0.1) is 5.92 Å². The van der Waals surface area contributed by atoms with Crippen LogP contribution in [-0.2, 0) is 4.74 Å². The number of carbonyl (C=O) groups excluding carboxylic acids is 1. The predicted octanol–water partition coefficient (Wildman–Crippen LogP) is 2.04. The average Bonchev–Trinajstić information content (AvgIpc) is 2.26. The molecule has 0 saturated carbocycles. The van der Waals surface area contributed by atoms with Gasteiger partial charge in [-0.25, -0.2) is 9.59 Å². The molecule has 1 N–H and O–H groups in total. The molecule has 0 aliphatic heterocycles. The SMILES string of the molecule is CC(C)COC(=O)c1ccc(C(=O)O)cc1.[Ca+2].[H-].[H-]. The number of carboxylic acids is 1. The van der Waals surface area contributed by atoms with E-state index in [-0.39, 0.29) is 52.1 Å². The molecular weight excluding hydrogens is 248 g/mol. The van der Waals surface area contributed by atoms with Crippen molar-refractivity contribution in [2.75, 3.05) is 6.61 Å². The largest absolute Gasteiger partial charge is 2.00 e. The van der Waals surface area contributed by atoms with Gasteiger partial charge in [0.1, 0.15) is 0 Å². The van der Waals surface area contributed by atoms with Crippen molar-refractivity contribution in [3.05, 3.63) is 35.4 Å². The Labute approximate surface area is 133 Å². The van der Waals surface area contributed by atoms with Gasteiger partial charge in [0, 0.05) is 0 Å². The van der Waals surface area contributed by atoms with E-state index in [4.69, 9.17) is 9.84 Å². The summed E-state index contributed by atoms with van der Waals surface area (Å²) in [5.41, 5.74) is 0.519. The number of ether oxygens (including phenoxy) is 1. The molecule has 0 bridgehead atoms. The van der Waals surface area contributed by atoms with Gasteiger partial charge < -0.3 is 12.7 Å². The minimum Gasteiger partial charge on any atom is -1.00 e. The molecule has 0 fully saturated rings. The first-order chi connectivity index (χ1) is 7.50. The summed E-state index contributed by atoms with van der Waals surface area (Å²) in [6, 6.07) is 5.67. The van der Waals surface area contributed by atoms with Crippen molar-refractivity contribution in [2.45, 2.75) is 13.8 Å². The van der Waals surface area contributed by atoms with Crippen LogP contribution in [0.4, 0.5) is 0 Å². The molecule has 0 radical (unpaired) electrons. The molecule has 0 unspecified atom stereocenters. The van der Waals surface area contributed by atoms with Gasteiger partial charge in [-0.2, -0.15) is 0 Å². The van der Waals surface area contributed by atoms with Crippen molar-refractivity contribution in [2.24, 2.45) is 5.92 Å². The van der Waals surface area contributed by atoms with Crippen LogP contribution < -0.4 is 0 Å². The second-order valence-corrected chi connectivity index (χ2v) is 3.87. The van der Waals surface area contributed by atoms with E-state index in [9.17, 15) is 9.59 Å². The van der Waals surface area contributed by atoms with Gasteiger partial charge in [0.15, 0.2) is 0 Å². The molecular formula is C12H16CaO4. The molecule has 17 heavy (non-hydrogen) atoms. The Morgan fingerprint density at radius 3 is 2.12 bits per heavy atom. The third kappa shape index (κ3) is 5.52. The standard InChI is InChI=1S/C12H14O4.Ca.2H/c1-8(2)7-16-12(15)10-5-3-9(4-6-10)11(13)14;;;/h3-6,8H,7H2,1-2H3,(H,13,14);;;/q;+2;2*-1. The normalized spacial score (nSPS) is 9.59. The molecule has 90 valence electrons. The van der Waals surface area contributed by atoms with Gasteiger partial charge in [-0.05, 0) is 30.2 Å². The summed E-state index contributed by atoms with van der Waals surface area (Å²) < 4.78 is 5.00. The Kier molecular flexibility index (Phi) is 7.43. The van der Waals surface area contributed by atoms with Gasteiger partial charge in [-0.3, -0.25) is 0 Å². The molecule has 0 atom stereocenters. The maximum atomic E-state index is 11.5. The molecule has 0 saturated heterocycles. The first kappa shape index (κ1) is 16.4. The Morgan fingerprint density at radius 2 is 1.71 bits per heavy atom. The van der Waals surface area contributed by atoms with E-state index in [0.717, 1.165) is 0 Å². The zero-order valence-corrected chi connectivity index (χ0v) is 12.2. The maximum absolute atomic E-state index is 11.5. The summed E-state index contributed by atoms with van der Waals surface area (Å²) in [6.45, 7) is 4.25. The van der Waals surface area contributed by atoms with Crippen LogP contribution in [0.15, 0.2) is 24.3 Å². The van der Waals surface area contributed by atoms with Crippen LogP contribution in [0.3, 0.4) is 0 Å². The molecule has 0 amide bonds. The summed E-state index contributed by atoms with van der Waals surface area (Å²) in [5.74, 6) is -1.16. The van der Waals surface area contributed by atoms with E-state index < -0.39 is 11.9 Å².